The first-order valence-corrected chi connectivity index (χ1v) is 9.68. The van der Waals surface area contributed by atoms with Gasteiger partial charge in [-0.15, -0.1) is 0 Å². The van der Waals surface area contributed by atoms with E-state index in [0.717, 1.165) is 33.5 Å². The number of hydrogen-bond acceptors (Lipinski definition) is 3. The number of para-hydroxylation sites is 1. The summed E-state index contributed by atoms with van der Waals surface area (Å²) >= 11 is 0. The van der Waals surface area contributed by atoms with Crippen LogP contribution < -0.4 is 4.74 Å². The number of nitrogens with zero attached hydrogens (tertiary/aromatic N) is 1. The van der Waals surface area contributed by atoms with Crippen molar-refractivity contribution < 1.29 is 13.2 Å². The van der Waals surface area contributed by atoms with Crippen molar-refractivity contribution in [2.45, 2.75) is 24.8 Å². The molecule has 0 spiro atoms. The summed E-state index contributed by atoms with van der Waals surface area (Å²) in [7, 11) is -1.85. The second-order valence-electron chi connectivity index (χ2n) is 6.37. The van der Waals surface area contributed by atoms with Gasteiger partial charge in [0.05, 0.1) is 17.5 Å². The molecule has 0 unspecified atom stereocenters. The Labute approximate surface area is 147 Å². The van der Waals surface area contributed by atoms with E-state index in [1.165, 1.54) is 0 Å². The molecular weight excluding hydrogens is 336 g/mol. The maximum atomic E-state index is 13.0. The quantitative estimate of drug-likeness (QED) is 0.784. The highest BCUT2D eigenvalue weighted by molar-refractivity contribution is 7.89. The van der Waals surface area contributed by atoms with Crippen molar-refractivity contribution in [3.8, 4) is 5.75 Å². The molecule has 0 saturated carbocycles. The van der Waals surface area contributed by atoms with Crippen LogP contribution in [-0.4, -0.2) is 31.4 Å². The van der Waals surface area contributed by atoms with E-state index < -0.39 is 10.0 Å². The molecular formula is C19H20N2O3S. The van der Waals surface area contributed by atoms with E-state index in [4.69, 9.17) is 4.74 Å². The molecule has 0 aliphatic carbocycles. The fraction of sp³-hybridized carbons (Fsp3) is 0.263. The second kappa shape index (κ2) is 5.89. The molecule has 4 rings (SSSR count). The molecule has 5 nitrogen and oxygen atoms in total. The number of benzene rings is 2. The molecule has 3 aromatic rings. The Bertz CT molecular complexity index is 1040. The maximum absolute atomic E-state index is 13.0. The molecule has 0 bridgehead atoms. The van der Waals surface area contributed by atoms with Gasteiger partial charge in [0.25, 0.3) is 0 Å². The van der Waals surface area contributed by atoms with Crippen molar-refractivity contribution in [2.75, 3.05) is 13.7 Å². The monoisotopic (exact) mass is 356 g/mol. The normalized spacial score (nSPS) is 15.3. The lowest BCUT2D eigenvalue weighted by Crippen LogP contribution is -2.35. The Hall–Kier alpha value is -2.31. The average Bonchev–Trinajstić information content (AvgIpc) is 3.00. The molecule has 25 heavy (non-hydrogen) atoms. The standard InChI is InChI=1S/C19H20N2O3S/c1-13-6-8-14(9-7-13)25(22,23)21-11-10-17-16(12-21)15-4-3-5-18(24-2)19(15)20-17/h3-9,20H,10-12H2,1-2H3. The largest absolute Gasteiger partial charge is 0.495 e. The maximum Gasteiger partial charge on any atom is 0.243 e. The number of aromatic nitrogens is 1. The molecule has 2 aromatic carbocycles. The minimum Gasteiger partial charge on any atom is -0.495 e. The predicted octanol–water partition coefficient (Wildman–Crippen LogP) is 3.23. The van der Waals surface area contributed by atoms with Crippen LogP contribution in [0.1, 0.15) is 16.8 Å². The lowest BCUT2D eigenvalue weighted by Gasteiger charge is -2.26. The van der Waals surface area contributed by atoms with Crippen LogP contribution in [0, 0.1) is 6.92 Å². The fourth-order valence-electron chi connectivity index (χ4n) is 3.42. The minimum atomic E-state index is -3.50. The van der Waals surface area contributed by atoms with Gasteiger partial charge in [0.15, 0.2) is 0 Å². The number of aromatic amines is 1. The molecule has 6 heteroatoms. The Kier molecular flexibility index (Phi) is 3.81. The lowest BCUT2D eigenvalue weighted by molar-refractivity contribution is 0.391. The highest BCUT2D eigenvalue weighted by atomic mass is 32.2. The average molecular weight is 356 g/mol. The number of methoxy groups -OCH3 is 1. The lowest BCUT2D eigenvalue weighted by atomic mass is 10.1. The zero-order valence-corrected chi connectivity index (χ0v) is 15.1. The van der Waals surface area contributed by atoms with Crippen LogP contribution >= 0.6 is 0 Å². The molecule has 130 valence electrons. The molecule has 0 atom stereocenters. The number of aryl methyl sites for hydroxylation is 1. The molecule has 1 aliphatic heterocycles. The van der Waals surface area contributed by atoms with Crippen LogP contribution in [-0.2, 0) is 23.0 Å². The molecule has 0 radical (unpaired) electrons. The number of sulfonamides is 1. The van der Waals surface area contributed by atoms with Crippen LogP contribution in [0.4, 0.5) is 0 Å². The Morgan fingerprint density at radius 1 is 1.12 bits per heavy atom. The third-order valence-corrected chi connectivity index (χ3v) is 6.68. The van der Waals surface area contributed by atoms with Gasteiger partial charge in [-0.2, -0.15) is 4.31 Å². The molecule has 1 aromatic heterocycles. The molecule has 2 heterocycles. The summed E-state index contributed by atoms with van der Waals surface area (Å²) in [6.45, 7) is 2.79. The third kappa shape index (κ3) is 2.62. The Morgan fingerprint density at radius 2 is 1.88 bits per heavy atom. The van der Waals surface area contributed by atoms with Crippen LogP contribution in [0.25, 0.3) is 10.9 Å². The number of hydrogen-bond donors (Lipinski definition) is 1. The summed E-state index contributed by atoms with van der Waals surface area (Å²) in [5, 5.41) is 1.03. The van der Waals surface area contributed by atoms with Gasteiger partial charge in [-0.05, 0) is 30.7 Å². The topological polar surface area (TPSA) is 62.4 Å². The molecule has 1 N–H and O–H groups in total. The number of fused-ring (bicyclic) bond motifs is 3. The van der Waals surface area contributed by atoms with E-state index in [0.29, 0.717) is 24.4 Å². The van der Waals surface area contributed by atoms with E-state index in [1.807, 2.05) is 37.3 Å². The molecule has 0 fully saturated rings. The van der Waals surface area contributed by atoms with Crippen LogP contribution in [0.15, 0.2) is 47.4 Å². The van der Waals surface area contributed by atoms with Crippen molar-refractivity contribution >= 4 is 20.9 Å². The van der Waals surface area contributed by atoms with Gasteiger partial charge in [-0.25, -0.2) is 8.42 Å². The van der Waals surface area contributed by atoms with Crippen molar-refractivity contribution in [1.82, 2.24) is 9.29 Å². The van der Waals surface area contributed by atoms with Gasteiger partial charge >= 0.3 is 0 Å². The third-order valence-electron chi connectivity index (χ3n) is 4.82. The predicted molar refractivity (Wildman–Crippen MR) is 97.3 cm³/mol. The van der Waals surface area contributed by atoms with Crippen LogP contribution in [0.2, 0.25) is 0 Å². The van der Waals surface area contributed by atoms with Crippen molar-refractivity contribution in [3.05, 3.63) is 59.3 Å². The van der Waals surface area contributed by atoms with E-state index >= 15 is 0 Å². The number of rotatable bonds is 3. The van der Waals surface area contributed by atoms with Gasteiger partial charge < -0.3 is 9.72 Å². The molecule has 0 amide bonds. The van der Waals surface area contributed by atoms with E-state index in [-0.39, 0.29) is 0 Å². The first-order valence-electron chi connectivity index (χ1n) is 8.24. The summed E-state index contributed by atoms with van der Waals surface area (Å²) < 4.78 is 32.9. The van der Waals surface area contributed by atoms with E-state index in [1.54, 1.807) is 23.5 Å². The summed E-state index contributed by atoms with van der Waals surface area (Å²) in [6, 6.07) is 12.9. The SMILES string of the molecule is COc1cccc2c3c([nH]c12)CCN(S(=O)(=O)c1ccc(C)cc1)C3. The Balaban J connectivity index is 1.74. The number of ether oxygens (including phenoxy) is 1. The molecule has 1 aliphatic rings. The van der Waals surface area contributed by atoms with Gasteiger partial charge in [0.1, 0.15) is 5.75 Å². The van der Waals surface area contributed by atoms with Gasteiger partial charge in [-0.1, -0.05) is 29.8 Å². The van der Waals surface area contributed by atoms with Crippen molar-refractivity contribution in [3.63, 3.8) is 0 Å². The first-order chi connectivity index (χ1) is 12.0. The van der Waals surface area contributed by atoms with Crippen molar-refractivity contribution in [2.24, 2.45) is 0 Å². The van der Waals surface area contributed by atoms with Gasteiger partial charge in [0.2, 0.25) is 10.0 Å². The zero-order valence-electron chi connectivity index (χ0n) is 14.2. The van der Waals surface area contributed by atoms with Crippen LogP contribution in [0.5, 0.6) is 5.75 Å². The zero-order chi connectivity index (χ0) is 17.6. The number of H-pyrrole nitrogens is 1. The highest BCUT2D eigenvalue weighted by Gasteiger charge is 2.30. The minimum absolute atomic E-state index is 0.346. The van der Waals surface area contributed by atoms with Crippen LogP contribution in [0.3, 0.4) is 0 Å². The van der Waals surface area contributed by atoms with E-state index in [2.05, 4.69) is 4.98 Å². The van der Waals surface area contributed by atoms with Gasteiger partial charge in [0, 0.05) is 30.6 Å². The van der Waals surface area contributed by atoms with E-state index in [9.17, 15) is 8.42 Å². The first kappa shape index (κ1) is 16.2. The van der Waals surface area contributed by atoms with Crippen molar-refractivity contribution in [1.29, 1.82) is 0 Å². The Morgan fingerprint density at radius 3 is 2.60 bits per heavy atom. The summed E-state index contributed by atoms with van der Waals surface area (Å²) in [6.07, 6.45) is 0.665. The smallest absolute Gasteiger partial charge is 0.243 e. The van der Waals surface area contributed by atoms with Gasteiger partial charge in [-0.3, -0.25) is 0 Å². The summed E-state index contributed by atoms with van der Waals surface area (Å²) in [5.74, 6) is 0.778. The highest BCUT2D eigenvalue weighted by Crippen LogP contribution is 2.34. The summed E-state index contributed by atoms with van der Waals surface area (Å²) in [5.41, 5.74) is 4.11. The second-order valence-corrected chi connectivity index (χ2v) is 8.30. The fourth-order valence-corrected chi connectivity index (χ4v) is 4.83. The molecule has 0 saturated heterocycles. The number of nitrogens with one attached hydrogen (secondary N) is 1. The summed E-state index contributed by atoms with van der Waals surface area (Å²) in [4.78, 5) is 3.75.